The summed E-state index contributed by atoms with van der Waals surface area (Å²) >= 11 is 0. The molecule has 1 fully saturated rings. The molecule has 1 heterocycles. The van der Waals surface area contributed by atoms with Crippen molar-refractivity contribution >= 4 is 23.2 Å². The second kappa shape index (κ2) is 12.3. The summed E-state index contributed by atoms with van der Waals surface area (Å²) in [6, 6.07) is 8.31. The Balaban J connectivity index is 2.08. The van der Waals surface area contributed by atoms with Crippen molar-refractivity contribution in [1.82, 2.24) is 14.9 Å². The van der Waals surface area contributed by atoms with Crippen LogP contribution >= 0.6 is 0 Å². The first-order valence-electron chi connectivity index (χ1n) is 12.0. The third-order valence-corrected chi connectivity index (χ3v) is 5.83. The standard InChI is InChI=1S/C29H37N5O/c1-7-21(19-34(5)6)22-10-8-11-23(15-22)28-31-18-27(24(17-30-4)14-20(2)3)29(33-28)32-25-12-9-13-26(35)16-25/h7-8,10-11,14-15,17-19,25-26,35H,1-2,9,12-13,16H2,3-6H3,(H,31,32,33)/b21-19+,24-14+,30-17?/t25-,26+/m0/s1. The van der Waals surface area contributed by atoms with E-state index >= 15 is 0 Å². The van der Waals surface area contributed by atoms with E-state index in [0.29, 0.717) is 12.2 Å². The number of allylic oxidation sites excluding steroid dienone is 5. The lowest BCUT2D eigenvalue weighted by Gasteiger charge is -2.28. The number of rotatable bonds is 9. The highest BCUT2D eigenvalue weighted by atomic mass is 16.3. The Labute approximate surface area is 209 Å². The van der Waals surface area contributed by atoms with Crippen molar-refractivity contribution in [3.05, 3.63) is 78.7 Å². The molecule has 0 spiro atoms. The summed E-state index contributed by atoms with van der Waals surface area (Å²) in [6.07, 6.45) is 12.8. The van der Waals surface area contributed by atoms with Gasteiger partial charge >= 0.3 is 0 Å². The molecule has 35 heavy (non-hydrogen) atoms. The van der Waals surface area contributed by atoms with Gasteiger partial charge in [0.05, 0.1) is 6.10 Å². The monoisotopic (exact) mass is 471 g/mol. The normalized spacial score (nSPS) is 19.0. The van der Waals surface area contributed by atoms with Crippen molar-refractivity contribution in [2.45, 2.75) is 44.8 Å². The third kappa shape index (κ3) is 7.23. The fraction of sp³-hybridized carbons (Fsp3) is 0.345. The topological polar surface area (TPSA) is 73.6 Å². The van der Waals surface area contributed by atoms with Gasteiger partial charge in [0.25, 0.3) is 0 Å². The Morgan fingerprint density at radius 2 is 2.06 bits per heavy atom. The summed E-state index contributed by atoms with van der Waals surface area (Å²) < 4.78 is 0. The van der Waals surface area contributed by atoms with E-state index in [-0.39, 0.29) is 12.1 Å². The lowest BCUT2D eigenvalue weighted by molar-refractivity contribution is 0.124. The molecule has 2 aromatic rings. The van der Waals surface area contributed by atoms with E-state index in [9.17, 15) is 5.11 Å². The lowest BCUT2D eigenvalue weighted by atomic mass is 9.93. The van der Waals surface area contributed by atoms with Gasteiger partial charge in [-0.05, 0) is 49.8 Å². The molecule has 3 rings (SSSR count). The van der Waals surface area contributed by atoms with Gasteiger partial charge in [0.15, 0.2) is 5.82 Å². The summed E-state index contributed by atoms with van der Waals surface area (Å²) in [7, 11) is 5.73. The quantitative estimate of drug-likeness (QED) is 0.367. The second-order valence-electron chi connectivity index (χ2n) is 9.28. The van der Waals surface area contributed by atoms with Crippen molar-refractivity contribution < 1.29 is 5.11 Å². The van der Waals surface area contributed by atoms with Crippen molar-refractivity contribution in [1.29, 1.82) is 0 Å². The van der Waals surface area contributed by atoms with Crippen LogP contribution < -0.4 is 5.32 Å². The molecular weight excluding hydrogens is 434 g/mol. The summed E-state index contributed by atoms with van der Waals surface area (Å²) in [5.74, 6) is 1.37. The second-order valence-corrected chi connectivity index (χ2v) is 9.28. The van der Waals surface area contributed by atoms with E-state index in [4.69, 9.17) is 9.97 Å². The molecular formula is C29H37N5O. The average Bonchev–Trinajstić information content (AvgIpc) is 2.82. The predicted octanol–water partition coefficient (Wildman–Crippen LogP) is 5.61. The van der Waals surface area contributed by atoms with Crippen molar-refractivity contribution in [2.24, 2.45) is 4.99 Å². The maximum absolute atomic E-state index is 10.2. The number of aromatic nitrogens is 2. The fourth-order valence-corrected chi connectivity index (χ4v) is 4.28. The molecule has 0 radical (unpaired) electrons. The van der Waals surface area contributed by atoms with Gasteiger partial charge in [-0.3, -0.25) is 4.99 Å². The van der Waals surface area contributed by atoms with Crippen LogP contribution in [0, 0.1) is 0 Å². The van der Waals surface area contributed by atoms with Crippen LogP contribution in [0.2, 0.25) is 0 Å². The van der Waals surface area contributed by atoms with Crippen LogP contribution in [0.25, 0.3) is 22.5 Å². The molecule has 1 aliphatic carbocycles. The van der Waals surface area contributed by atoms with Gasteiger partial charge < -0.3 is 15.3 Å². The number of nitrogens with one attached hydrogen (secondary N) is 1. The SMILES string of the molecule is C=C/C(=C\N(C)C)c1cccc(-c2ncc(/C(C=NC)=C/C(=C)C)c(N[C@H]3CCC[C@@H](O)C3)n2)c1. The molecule has 6 heteroatoms. The molecule has 2 atom stereocenters. The van der Waals surface area contributed by atoms with Crippen LogP contribution in [-0.2, 0) is 0 Å². The lowest BCUT2D eigenvalue weighted by Crippen LogP contribution is -2.30. The summed E-state index contributed by atoms with van der Waals surface area (Å²) in [6.45, 7) is 9.95. The van der Waals surface area contributed by atoms with Crippen LogP contribution in [-0.4, -0.2) is 59.5 Å². The zero-order valence-corrected chi connectivity index (χ0v) is 21.3. The molecule has 0 amide bonds. The smallest absolute Gasteiger partial charge is 0.161 e. The van der Waals surface area contributed by atoms with E-state index < -0.39 is 0 Å². The van der Waals surface area contributed by atoms with Crippen LogP contribution in [0.1, 0.15) is 43.7 Å². The molecule has 0 saturated heterocycles. The van der Waals surface area contributed by atoms with Crippen LogP contribution in [0.4, 0.5) is 5.82 Å². The molecule has 1 saturated carbocycles. The van der Waals surface area contributed by atoms with Crippen LogP contribution in [0.5, 0.6) is 0 Å². The number of hydrogen-bond acceptors (Lipinski definition) is 6. The molecule has 0 aliphatic heterocycles. The highest BCUT2D eigenvalue weighted by molar-refractivity contribution is 6.12. The predicted molar refractivity (Wildman–Crippen MR) is 148 cm³/mol. The van der Waals surface area contributed by atoms with Gasteiger partial charge in [-0.15, -0.1) is 0 Å². The molecule has 6 nitrogen and oxygen atoms in total. The largest absolute Gasteiger partial charge is 0.393 e. The van der Waals surface area contributed by atoms with E-state index in [0.717, 1.165) is 58.5 Å². The van der Waals surface area contributed by atoms with Crippen molar-refractivity contribution in [3.8, 4) is 11.4 Å². The molecule has 184 valence electrons. The van der Waals surface area contributed by atoms with E-state index in [1.165, 1.54) is 0 Å². The third-order valence-electron chi connectivity index (χ3n) is 5.83. The number of anilines is 1. The zero-order valence-electron chi connectivity index (χ0n) is 21.3. The van der Waals surface area contributed by atoms with E-state index in [1.807, 2.05) is 62.6 Å². The highest BCUT2D eigenvalue weighted by Crippen LogP contribution is 2.29. The Bertz CT molecular complexity index is 1150. The van der Waals surface area contributed by atoms with Gasteiger partial charge in [-0.2, -0.15) is 0 Å². The van der Waals surface area contributed by atoms with Gasteiger partial charge in [0, 0.05) is 62.5 Å². The summed E-state index contributed by atoms with van der Waals surface area (Å²) in [5.41, 5.74) is 5.65. The maximum Gasteiger partial charge on any atom is 0.161 e. The Hall–Kier alpha value is -3.51. The number of nitrogens with zero attached hydrogens (tertiary/aromatic N) is 4. The number of benzene rings is 1. The zero-order chi connectivity index (χ0) is 25.4. The molecule has 1 aliphatic rings. The van der Waals surface area contributed by atoms with Gasteiger partial charge in [-0.1, -0.05) is 49.1 Å². The molecule has 1 aromatic heterocycles. The summed E-state index contributed by atoms with van der Waals surface area (Å²) in [5, 5.41) is 13.8. The van der Waals surface area contributed by atoms with E-state index in [1.54, 1.807) is 13.3 Å². The minimum absolute atomic E-state index is 0.145. The Morgan fingerprint density at radius 3 is 2.71 bits per heavy atom. The molecule has 0 bridgehead atoms. The minimum atomic E-state index is -0.286. The van der Waals surface area contributed by atoms with E-state index in [2.05, 4.69) is 35.6 Å². The summed E-state index contributed by atoms with van der Waals surface area (Å²) in [4.78, 5) is 15.9. The van der Waals surface area contributed by atoms with Gasteiger partial charge in [0.1, 0.15) is 5.82 Å². The minimum Gasteiger partial charge on any atom is -0.393 e. The van der Waals surface area contributed by atoms with Crippen molar-refractivity contribution in [3.63, 3.8) is 0 Å². The Kier molecular flexibility index (Phi) is 9.15. The molecule has 1 aromatic carbocycles. The first-order chi connectivity index (χ1) is 16.8. The average molecular weight is 472 g/mol. The first-order valence-corrected chi connectivity index (χ1v) is 12.0. The van der Waals surface area contributed by atoms with Gasteiger partial charge in [0.2, 0.25) is 0 Å². The maximum atomic E-state index is 10.2. The van der Waals surface area contributed by atoms with Gasteiger partial charge in [-0.25, -0.2) is 9.97 Å². The van der Waals surface area contributed by atoms with Crippen LogP contribution in [0.15, 0.2) is 72.5 Å². The first kappa shape index (κ1) is 26.1. The number of aliphatic hydroxyl groups excluding tert-OH is 1. The highest BCUT2D eigenvalue weighted by Gasteiger charge is 2.22. The molecule has 2 N–H and O–H groups in total. The van der Waals surface area contributed by atoms with Crippen molar-refractivity contribution in [2.75, 3.05) is 26.5 Å². The van der Waals surface area contributed by atoms with Crippen LogP contribution in [0.3, 0.4) is 0 Å². The number of aliphatic imine (C=N–C) groups is 1. The number of hydrogen-bond donors (Lipinski definition) is 2. The fourth-order valence-electron chi connectivity index (χ4n) is 4.28. The Morgan fingerprint density at radius 1 is 1.26 bits per heavy atom. The number of aliphatic hydroxyl groups is 1. The molecule has 0 unspecified atom stereocenters.